The molecule has 5 rings (SSSR count). The summed E-state index contributed by atoms with van der Waals surface area (Å²) in [6.07, 6.45) is 0.888. The number of anilines is 1. The first kappa shape index (κ1) is 20.3. The molecule has 11 heteroatoms. The molecule has 0 bridgehead atoms. The molecule has 0 unspecified atom stereocenters. The number of carbonyl (C=O) groups excluding carboxylic acids is 1. The Balaban J connectivity index is 1.30. The quantitative estimate of drug-likeness (QED) is 0.648. The molecule has 32 heavy (non-hydrogen) atoms. The number of nitrogens with zero attached hydrogens (tertiary/aromatic N) is 5. The number of carbonyl (C=O) groups is 1. The fraction of sp³-hybridized carbons (Fsp3) is 0.333. The Bertz CT molecular complexity index is 1170. The summed E-state index contributed by atoms with van der Waals surface area (Å²) in [7, 11) is 0. The van der Waals surface area contributed by atoms with Crippen molar-refractivity contribution in [1.29, 1.82) is 0 Å². The van der Waals surface area contributed by atoms with Crippen LogP contribution in [-0.2, 0) is 24.7 Å². The number of hydrogen-bond acceptors (Lipinski definition) is 5. The highest BCUT2D eigenvalue weighted by atomic mass is 19.4. The number of nitrogen functional groups attached to an aromatic ring is 1. The van der Waals surface area contributed by atoms with Crippen molar-refractivity contribution in [3.63, 3.8) is 0 Å². The Morgan fingerprint density at radius 2 is 1.97 bits per heavy atom. The molecule has 1 spiro atoms. The molecule has 0 saturated carbocycles. The Hall–Kier alpha value is -3.63. The molecule has 2 aliphatic heterocycles. The van der Waals surface area contributed by atoms with Crippen LogP contribution in [0.4, 0.5) is 23.8 Å². The second-order valence-electron chi connectivity index (χ2n) is 8.19. The molecular formula is C21H20F3N7O. The SMILES string of the molecule is Nc1ncc(-c2cc3n(n2)CCC32CN(C(=O)NCc3ccncc3)C2)cc1C(F)(F)F. The van der Waals surface area contributed by atoms with Gasteiger partial charge in [-0.3, -0.25) is 9.67 Å². The number of halogens is 3. The van der Waals surface area contributed by atoms with Gasteiger partial charge < -0.3 is 16.0 Å². The van der Waals surface area contributed by atoms with E-state index in [0.29, 0.717) is 31.9 Å². The van der Waals surface area contributed by atoms with Gasteiger partial charge in [0.05, 0.1) is 11.3 Å². The number of alkyl halides is 3. The number of nitrogens with one attached hydrogen (secondary N) is 1. The van der Waals surface area contributed by atoms with E-state index in [4.69, 9.17) is 5.73 Å². The van der Waals surface area contributed by atoms with Crippen molar-refractivity contribution in [3.05, 3.63) is 59.7 Å². The summed E-state index contributed by atoms with van der Waals surface area (Å²) >= 11 is 0. The van der Waals surface area contributed by atoms with E-state index < -0.39 is 17.6 Å². The number of aryl methyl sites for hydroxylation is 1. The third-order valence-corrected chi connectivity index (χ3v) is 6.11. The van der Waals surface area contributed by atoms with Crippen LogP contribution < -0.4 is 11.1 Å². The van der Waals surface area contributed by atoms with E-state index in [1.165, 1.54) is 6.20 Å². The highest BCUT2D eigenvalue weighted by molar-refractivity contribution is 5.76. The summed E-state index contributed by atoms with van der Waals surface area (Å²) in [6.45, 7) is 2.14. The zero-order chi connectivity index (χ0) is 22.5. The van der Waals surface area contributed by atoms with Crippen molar-refractivity contribution in [2.45, 2.75) is 31.1 Å². The van der Waals surface area contributed by atoms with Gasteiger partial charge in [-0.25, -0.2) is 9.78 Å². The lowest BCUT2D eigenvalue weighted by molar-refractivity contribution is -0.137. The largest absolute Gasteiger partial charge is 0.419 e. The maximum atomic E-state index is 13.2. The average Bonchev–Trinajstić information content (AvgIpc) is 3.30. The van der Waals surface area contributed by atoms with Gasteiger partial charge in [0.25, 0.3) is 0 Å². The van der Waals surface area contributed by atoms with Crippen molar-refractivity contribution in [3.8, 4) is 11.3 Å². The molecule has 0 aromatic carbocycles. The number of aromatic nitrogens is 4. The van der Waals surface area contributed by atoms with Crippen LogP contribution >= 0.6 is 0 Å². The van der Waals surface area contributed by atoms with Crippen LogP contribution in [-0.4, -0.2) is 43.8 Å². The topological polar surface area (TPSA) is 102 Å². The first-order chi connectivity index (χ1) is 15.2. The predicted molar refractivity (Wildman–Crippen MR) is 109 cm³/mol. The monoisotopic (exact) mass is 443 g/mol. The summed E-state index contributed by atoms with van der Waals surface area (Å²) in [5, 5.41) is 7.38. The maximum Gasteiger partial charge on any atom is 0.419 e. The van der Waals surface area contributed by atoms with Crippen molar-refractivity contribution in [2.24, 2.45) is 0 Å². The first-order valence-corrected chi connectivity index (χ1v) is 10.1. The van der Waals surface area contributed by atoms with Crippen molar-refractivity contribution < 1.29 is 18.0 Å². The van der Waals surface area contributed by atoms with Crippen molar-refractivity contribution in [2.75, 3.05) is 18.8 Å². The van der Waals surface area contributed by atoms with E-state index in [-0.39, 0.29) is 17.0 Å². The highest BCUT2D eigenvalue weighted by Gasteiger charge is 2.51. The van der Waals surface area contributed by atoms with Gasteiger partial charge in [-0.15, -0.1) is 0 Å². The number of fused-ring (bicyclic) bond motifs is 2. The normalized spacial score (nSPS) is 16.7. The van der Waals surface area contributed by atoms with Crippen LogP contribution in [0.25, 0.3) is 11.3 Å². The maximum absolute atomic E-state index is 13.2. The second kappa shape index (κ2) is 7.21. The van der Waals surface area contributed by atoms with E-state index in [1.807, 2.05) is 16.8 Å². The standard InChI is InChI=1S/C21H20F3N7O/c22-21(23,24)15-7-14(10-27-18(15)25)16-8-17-20(3-6-31(17)29-16)11-30(12-20)19(32)28-9-13-1-4-26-5-2-13/h1-2,4-5,7-8,10H,3,6,9,11-12H2,(H2,25,27)(H,28,32). The number of rotatable bonds is 3. The molecule has 8 nitrogen and oxygen atoms in total. The Kier molecular flexibility index (Phi) is 4.57. The van der Waals surface area contributed by atoms with Crippen molar-refractivity contribution >= 4 is 11.8 Å². The number of pyridine rings is 2. The summed E-state index contributed by atoms with van der Waals surface area (Å²) in [4.78, 5) is 21.9. The fourth-order valence-corrected chi connectivity index (χ4v) is 4.38. The molecule has 1 fully saturated rings. The Morgan fingerprint density at radius 3 is 2.69 bits per heavy atom. The summed E-state index contributed by atoms with van der Waals surface area (Å²) in [6, 6.07) is 6.30. The molecule has 3 N–H and O–H groups in total. The smallest absolute Gasteiger partial charge is 0.383 e. The van der Waals surface area contributed by atoms with E-state index >= 15 is 0 Å². The van der Waals surface area contributed by atoms with E-state index in [2.05, 4.69) is 20.4 Å². The molecule has 0 radical (unpaired) electrons. The molecule has 0 aliphatic carbocycles. The molecule has 1 saturated heterocycles. The molecular weight excluding hydrogens is 423 g/mol. The minimum Gasteiger partial charge on any atom is -0.383 e. The van der Waals surface area contributed by atoms with Crippen LogP contribution in [0, 0.1) is 0 Å². The average molecular weight is 443 g/mol. The van der Waals surface area contributed by atoms with Gasteiger partial charge in [-0.1, -0.05) is 0 Å². The van der Waals surface area contributed by atoms with E-state index in [0.717, 1.165) is 23.7 Å². The first-order valence-electron chi connectivity index (χ1n) is 10.1. The zero-order valence-electron chi connectivity index (χ0n) is 16.9. The highest BCUT2D eigenvalue weighted by Crippen LogP contribution is 2.44. The van der Waals surface area contributed by atoms with Gasteiger partial charge in [0.2, 0.25) is 0 Å². The van der Waals surface area contributed by atoms with Crippen LogP contribution in [0.1, 0.15) is 23.2 Å². The van der Waals surface area contributed by atoms with Gasteiger partial charge in [-0.05, 0) is 36.2 Å². The van der Waals surface area contributed by atoms with Crippen LogP contribution in [0.15, 0.2) is 42.9 Å². The van der Waals surface area contributed by atoms with E-state index in [1.54, 1.807) is 23.4 Å². The van der Waals surface area contributed by atoms with Gasteiger partial charge >= 0.3 is 12.2 Å². The summed E-state index contributed by atoms with van der Waals surface area (Å²) < 4.78 is 41.4. The predicted octanol–water partition coefficient (Wildman–Crippen LogP) is 2.81. The molecule has 2 amide bonds. The Labute approximate surface area is 181 Å². The number of amides is 2. The lowest BCUT2D eigenvalue weighted by atomic mass is 9.76. The van der Waals surface area contributed by atoms with Gasteiger partial charge in [-0.2, -0.15) is 18.3 Å². The lowest BCUT2D eigenvalue weighted by Gasteiger charge is -2.47. The fourth-order valence-electron chi connectivity index (χ4n) is 4.38. The third kappa shape index (κ3) is 3.43. The summed E-state index contributed by atoms with van der Waals surface area (Å²) in [5.41, 5.74) is 6.76. The number of nitrogens with two attached hydrogens (primary N) is 1. The van der Waals surface area contributed by atoms with Gasteiger partial charge in [0.15, 0.2) is 0 Å². The molecule has 2 aliphatic rings. The van der Waals surface area contributed by atoms with E-state index in [9.17, 15) is 18.0 Å². The van der Waals surface area contributed by atoms with Crippen LogP contribution in [0.5, 0.6) is 0 Å². The number of hydrogen-bond donors (Lipinski definition) is 2. The molecule has 0 atom stereocenters. The zero-order valence-corrected chi connectivity index (χ0v) is 16.9. The van der Waals surface area contributed by atoms with Crippen LogP contribution in [0.2, 0.25) is 0 Å². The summed E-state index contributed by atoms with van der Waals surface area (Å²) in [5.74, 6) is -0.558. The number of urea groups is 1. The molecule has 3 aromatic heterocycles. The van der Waals surface area contributed by atoms with Crippen LogP contribution in [0.3, 0.4) is 0 Å². The third-order valence-electron chi connectivity index (χ3n) is 6.11. The molecule has 5 heterocycles. The van der Waals surface area contributed by atoms with Gasteiger partial charge in [0.1, 0.15) is 5.82 Å². The number of likely N-dealkylation sites (tertiary alicyclic amines) is 1. The minimum absolute atomic E-state index is 0.150. The molecule has 3 aromatic rings. The van der Waals surface area contributed by atoms with Crippen molar-refractivity contribution in [1.82, 2.24) is 30.0 Å². The Morgan fingerprint density at radius 1 is 1.22 bits per heavy atom. The van der Waals surface area contributed by atoms with Gasteiger partial charge in [0, 0.05) is 61.4 Å². The second-order valence-corrected chi connectivity index (χ2v) is 8.19. The molecule has 166 valence electrons. The minimum atomic E-state index is -4.59. The lowest BCUT2D eigenvalue weighted by Crippen LogP contribution is -2.62.